The summed E-state index contributed by atoms with van der Waals surface area (Å²) in [6, 6.07) is 0. The van der Waals surface area contributed by atoms with Crippen molar-refractivity contribution < 1.29 is 9.94 Å². The van der Waals surface area contributed by atoms with Gasteiger partial charge in [-0.15, -0.1) is 0 Å². The van der Waals surface area contributed by atoms with Gasteiger partial charge in [-0.3, -0.25) is 0 Å². The fourth-order valence-electron chi connectivity index (χ4n) is 0.737. The standard InChI is InChI=1S/C6H9NO2/c8-7-5-6-3-1-2-4-9-6/h2,4-6,8H,1,3H2/b7-5+/t6-/m0/s1. The van der Waals surface area contributed by atoms with Gasteiger partial charge < -0.3 is 9.94 Å². The Morgan fingerprint density at radius 2 is 2.67 bits per heavy atom. The summed E-state index contributed by atoms with van der Waals surface area (Å²) in [6.45, 7) is 0. The molecule has 0 saturated heterocycles. The molecule has 0 spiro atoms. The van der Waals surface area contributed by atoms with E-state index in [1.807, 2.05) is 6.08 Å². The molecule has 3 heteroatoms. The highest BCUT2D eigenvalue weighted by Gasteiger charge is 2.06. The first-order valence-corrected chi connectivity index (χ1v) is 2.91. The van der Waals surface area contributed by atoms with E-state index in [9.17, 15) is 0 Å². The van der Waals surface area contributed by atoms with Crippen LogP contribution < -0.4 is 0 Å². The van der Waals surface area contributed by atoms with E-state index in [1.165, 1.54) is 6.21 Å². The number of allylic oxidation sites excluding steroid dienone is 1. The van der Waals surface area contributed by atoms with Crippen LogP contribution in [0.3, 0.4) is 0 Å². The molecule has 0 aromatic heterocycles. The van der Waals surface area contributed by atoms with E-state index in [0.29, 0.717) is 0 Å². The minimum absolute atomic E-state index is 0.0278. The molecule has 3 nitrogen and oxygen atoms in total. The molecule has 0 saturated carbocycles. The normalized spacial score (nSPS) is 26.4. The van der Waals surface area contributed by atoms with E-state index in [4.69, 9.17) is 9.94 Å². The second kappa shape index (κ2) is 3.12. The van der Waals surface area contributed by atoms with E-state index in [1.54, 1.807) is 6.26 Å². The Labute approximate surface area is 53.6 Å². The second-order valence-corrected chi connectivity index (χ2v) is 1.89. The van der Waals surface area contributed by atoms with Crippen LogP contribution in [0.1, 0.15) is 12.8 Å². The zero-order valence-electron chi connectivity index (χ0n) is 5.03. The first-order chi connectivity index (χ1) is 4.43. The first kappa shape index (κ1) is 6.13. The van der Waals surface area contributed by atoms with Crippen molar-refractivity contribution in [2.45, 2.75) is 18.9 Å². The van der Waals surface area contributed by atoms with Gasteiger partial charge in [0, 0.05) is 0 Å². The van der Waals surface area contributed by atoms with Gasteiger partial charge in [0.2, 0.25) is 0 Å². The number of rotatable bonds is 1. The van der Waals surface area contributed by atoms with Crippen molar-refractivity contribution in [2.75, 3.05) is 0 Å². The van der Waals surface area contributed by atoms with Crippen molar-refractivity contribution >= 4 is 6.21 Å². The number of nitrogens with zero attached hydrogens (tertiary/aromatic N) is 1. The minimum Gasteiger partial charge on any atom is -0.493 e. The number of hydrogen-bond donors (Lipinski definition) is 1. The quantitative estimate of drug-likeness (QED) is 0.326. The summed E-state index contributed by atoms with van der Waals surface area (Å²) in [5.74, 6) is 0. The van der Waals surface area contributed by atoms with Crippen molar-refractivity contribution in [3.05, 3.63) is 12.3 Å². The number of ether oxygens (including phenoxy) is 1. The molecule has 9 heavy (non-hydrogen) atoms. The summed E-state index contributed by atoms with van der Waals surface area (Å²) in [5, 5.41) is 11.0. The van der Waals surface area contributed by atoms with Crippen LogP contribution in [0.25, 0.3) is 0 Å². The van der Waals surface area contributed by atoms with Gasteiger partial charge in [0.15, 0.2) is 0 Å². The molecule has 1 rings (SSSR count). The van der Waals surface area contributed by atoms with Gasteiger partial charge in [0.05, 0.1) is 12.5 Å². The van der Waals surface area contributed by atoms with Crippen LogP contribution in [0.5, 0.6) is 0 Å². The molecule has 1 aliphatic heterocycles. The predicted molar refractivity (Wildman–Crippen MR) is 33.5 cm³/mol. The van der Waals surface area contributed by atoms with Gasteiger partial charge in [0.1, 0.15) is 6.10 Å². The third-order valence-electron chi connectivity index (χ3n) is 1.20. The summed E-state index contributed by atoms with van der Waals surface area (Å²) in [7, 11) is 0. The van der Waals surface area contributed by atoms with Gasteiger partial charge in [-0.05, 0) is 18.9 Å². The van der Waals surface area contributed by atoms with Crippen LogP contribution >= 0.6 is 0 Å². The lowest BCUT2D eigenvalue weighted by Gasteiger charge is -2.13. The third-order valence-corrected chi connectivity index (χ3v) is 1.20. The summed E-state index contributed by atoms with van der Waals surface area (Å²) < 4.78 is 5.03. The molecule has 0 aromatic carbocycles. The average molecular weight is 127 g/mol. The van der Waals surface area contributed by atoms with Crippen molar-refractivity contribution in [3.63, 3.8) is 0 Å². The maximum Gasteiger partial charge on any atom is 0.136 e. The number of hydrogen-bond acceptors (Lipinski definition) is 3. The van der Waals surface area contributed by atoms with E-state index >= 15 is 0 Å². The molecule has 0 radical (unpaired) electrons. The zero-order chi connectivity index (χ0) is 6.53. The molecule has 0 amide bonds. The average Bonchev–Trinajstić information content (AvgIpc) is 1.91. The molecule has 0 aromatic rings. The molecule has 0 aliphatic carbocycles. The Bertz CT molecular complexity index is 131. The van der Waals surface area contributed by atoms with E-state index in [2.05, 4.69) is 5.16 Å². The second-order valence-electron chi connectivity index (χ2n) is 1.89. The van der Waals surface area contributed by atoms with Crippen molar-refractivity contribution in [3.8, 4) is 0 Å². The van der Waals surface area contributed by atoms with Crippen LogP contribution in [-0.4, -0.2) is 17.5 Å². The topological polar surface area (TPSA) is 41.8 Å². The summed E-state index contributed by atoms with van der Waals surface area (Å²) in [4.78, 5) is 0. The molecule has 1 heterocycles. The van der Waals surface area contributed by atoms with Gasteiger partial charge >= 0.3 is 0 Å². The Hall–Kier alpha value is -0.990. The summed E-state index contributed by atoms with van der Waals surface area (Å²) >= 11 is 0. The Morgan fingerprint density at radius 1 is 1.78 bits per heavy atom. The largest absolute Gasteiger partial charge is 0.493 e. The number of oxime groups is 1. The first-order valence-electron chi connectivity index (χ1n) is 2.91. The lowest BCUT2D eigenvalue weighted by Crippen LogP contribution is -2.13. The molecule has 1 atom stereocenters. The highest BCUT2D eigenvalue weighted by molar-refractivity contribution is 5.62. The molecule has 1 N–H and O–H groups in total. The summed E-state index contributed by atoms with van der Waals surface area (Å²) in [5.41, 5.74) is 0. The maximum absolute atomic E-state index is 8.08. The highest BCUT2D eigenvalue weighted by Crippen LogP contribution is 2.07. The minimum atomic E-state index is -0.0278. The molecule has 50 valence electrons. The monoisotopic (exact) mass is 127 g/mol. The van der Waals surface area contributed by atoms with Gasteiger partial charge in [-0.1, -0.05) is 5.16 Å². The van der Waals surface area contributed by atoms with Crippen molar-refractivity contribution in [2.24, 2.45) is 5.16 Å². The predicted octanol–water partition coefficient (Wildman–Crippen LogP) is 1.14. The van der Waals surface area contributed by atoms with E-state index in [0.717, 1.165) is 12.8 Å². The maximum atomic E-state index is 8.08. The van der Waals surface area contributed by atoms with Gasteiger partial charge in [-0.2, -0.15) is 0 Å². The van der Waals surface area contributed by atoms with Crippen LogP contribution in [0.2, 0.25) is 0 Å². The van der Waals surface area contributed by atoms with E-state index < -0.39 is 0 Å². The smallest absolute Gasteiger partial charge is 0.136 e. The van der Waals surface area contributed by atoms with Crippen LogP contribution in [0, 0.1) is 0 Å². The molecular weight excluding hydrogens is 118 g/mol. The van der Waals surface area contributed by atoms with Gasteiger partial charge in [0.25, 0.3) is 0 Å². The van der Waals surface area contributed by atoms with E-state index in [-0.39, 0.29) is 6.10 Å². The highest BCUT2D eigenvalue weighted by atomic mass is 16.5. The summed E-state index contributed by atoms with van der Waals surface area (Å²) in [6.07, 6.45) is 6.85. The third kappa shape index (κ3) is 1.76. The Morgan fingerprint density at radius 3 is 3.22 bits per heavy atom. The van der Waals surface area contributed by atoms with Gasteiger partial charge in [-0.25, -0.2) is 0 Å². The fraction of sp³-hybridized carbons (Fsp3) is 0.500. The SMILES string of the molecule is O/N=C/[C@@H]1CCC=CO1. The molecular formula is C6H9NO2. The fourth-order valence-corrected chi connectivity index (χ4v) is 0.737. The Kier molecular flexibility index (Phi) is 2.13. The molecule has 0 unspecified atom stereocenters. The lowest BCUT2D eigenvalue weighted by molar-refractivity contribution is 0.180. The van der Waals surface area contributed by atoms with Crippen LogP contribution in [-0.2, 0) is 4.74 Å². The molecule has 1 aliphatic rings. The van der Waals surface area contributed by atoms with Crippen molar-refractivity contribution in [1.29, 1.82) is 0 Å². The van der Waals surface area contributed by atoms with Crippen LogP contribution in [0.4, 0.5) is 0 Å². The molecule has 0 fully saturated rings. The Balaban J connectivity index is 2.35. The lowest BCUT2D eigenvalue weighted by atomic mass is 10.2. The van der Waals surface area contributed by atoms with Crippen LogP contribution in [0.15, 0.2) is 17.5 Å². The van der Waals surface area contributed by atoms with Crippen molar-refractivity contribution in [1.82, 2.24) is 0 Å². The molecule has 0 bridgehead atoms. The zero-order valence-corrected chi connectivity index (χ0v) is 5.03.